The van der Waals surface area contributed by atoms with E-state index in [2.05, 4.69) is 39.5 Å². The molecule has 2 heteroatoms. The maximum absolute atomic E-state index is 2.70. The highest BCUT2D eigenvalue weighted by Crippen LogP contribution is 2.36. The third-order valence-electron chi connectivity index (χ3n) is 3.07. The fourth-order valence-electron chi connectivity index (χ4n) is 2.57. The Morgan fingerprint density at radius 2 is 1.46 bits per heavy atom. The van der Waals surface area contributed by atoms with E-state index in [9.17, 15) is 0 Å². The molecule has 1 aliphatic carbocycles. The summed E-state index contributed by atoms with van der Waals surface area (Å²) < 4.78 is 0. The molecule has 0 aromatic carbocycles. The summed E-state index contributed by atoms with van der Waals surface area (Å²) in [7, 11) is 0.174. The lowest BCUT2D eigenvalue weighted by molar-refractivity contribution is 0.162. The van der Waals surface area contributed by atoms with Gasteiger partial charge in [-0.05, 0) is 38.9 Å². The van der Waals surface area contributed by atoms with E-state index in [0.717, 1.165) is 17.7 Å². The summed E-state index contributed by atoms with van der Waals surface area (Å²) in [5.41, 5.74) is 2.10. The van der Waals surface area contributed by atoms with E-state index in [1.807, 2.05) is 0 Å². The van der Waals surface area contributed by atoms with Crippen molar-refractivity contribution in [2.24, 2.45) is 0 Å². The molecule has 0 heterocycles. The van der Waals surface area contributed by atoms with E-state index in [0.29, 0.717) is 0 Å². The first-order valence-electron chi connectivity index (χ1n) is 5.79. The molecule has 0 saturated heterocycles. The predicted molar refractivity (Wildman–Crippen MR) is 63.1 cm³/mol. The van der Waals surface area contributed by atoms with Gasteiger partial charge in [-0.15, -0.1) is 0 Å². The number of rotatable bonds is 5. The van der Waals surface area contributed by atoms with Gasteiger partial charge < -0.3 is 0 Å². The van der Waals surface area contributed by atoms with Crippen molar-refractivity contribution >= 4 is 9.52 Å². The first kappa shape index (κ1) is 11.3. The van der Waals surface area contributed by atoms with Gasteiger partial charge in [-0.25, -0.2) is 0 Å². The second-order valence-electron chi connectivity index (χ2n) is 5.16. The number of nitrogens with zero attached hydrogens (tertiary/aromatic N) is 1. The van der Waals surface area contributed by atoms with Gasteiger partial charge in [0.15, 0.2) is 0 Å². The molecule has 1 aliphatic rings. The van der Waals surface area contributed by atoms with E-state index < -0.39 is 0 Å². The van der Waals surface area contributed by atoms with Gasteiger partial charge in [-0.1, -0.05) is 19.8 Å². The van der Waals surface area contributed by atoms with Crippen LogP contribution >= 0.6 is 0 Å². The molecule has 0 bridgehead atoms. The maximum atomic E-state index is 2.70. The van der Waals surface area contributed by atoms with Gasteiger partial charge in [0, 0.05) is 21.6 Å². The molecule has 1 rings (SSSR count). The third-order valence-corrected chi connectivity index (χ3v) is 5.66. The molecule has 0 aromatic heterocycles. The van der Waals surface area contributed by atoms with E-state index in [4.69, 9.17) is 0 Å². The Kier molecular flexibility index (Phi) is 3.99. The number of hydrogen-bond donors (Lipinski definition) is 0. The second kappa shape index (κ2) is 4.60. The summed E-state index contributed by atoms with van der Waals surface area (Å²) in [6, 6.07) is 1.45. The van der Waals surface area contributed by atoms with Crippen LogP contribution in [-0.4, -0.2) is 32.2 Å². The van der Waals surface area contributed by atoms with Crippen LogP contribution in [0, 0.1) is 0 Å². The van der Waals surface area contributed by atoms with Crippen LogP contribution in [0.25, 0.3) is 0 Å². The van der Waals surface area contributed by atoms with Gasteiger partial charge in [-0.2, -0.15) is 0 Å². The van der Waals surface area contributed by atoms with Gasteiger partial charge in [0.25, 0.3) is 0 Å². The largest absolute Gasteiger partial charge is 0.299 e. The smallest absolute Gasteiger partial charge is 0.0436 e. The Labute approximate surface area is 85.7 Å². The van der Waals surface area contributed by atoms with Crippen LogP contribution < -0.4 is 0 Å². The molecule has 0 aliphatic heterocycles. The average molecular weight is 199 g/mol. The van der Waals surface area contributed by atoms with Crippen molar-refractivity contribution in [1.82, 2.24) is 4.90 Å². The first-order valence-corrected chi connectivity index (χ1v) is 7.43. The highest BCUT2D eigenvalue weighted by Gasteiger charge is 2.28. The Morgan fingerprint density at radius 1 is 1.00 bits per heavy atom. The monoisotopic (exact) mass is 199 g/mol. The van der Waals surface area contributed by atoms with Gasteiger partial charge in [0.05, 0.1) is 0 Å². The minimum atomic E-state index is 0.174. The summed E-state index contributed by atoms with van der Waals surface area (Å²) in [4.78, 5) is 2.70. The number of hydrogen-bond acceptors (Lipinski definition) is 1. The lowest BCUT2D eigenvalue weighted by atomic mass is 10.2. The average Bonchev–Trinajstić information content (AvgIpc) is 2.68. The molecule has 0 aromatic rings. The minimum Gasteiger partial charge on any atom is -0.299 e. The molecule has 1 unspecified atom stereocenters. The Balaban J connectivity index is 2.41. The van der Waals surface area contributed by atoms with E-state index >= 15 is 0 Å². The van der Waals surface area contributed by atoms with Crippen LogP contribution in [0.1, 0.15) is 47.5 Å². The summed E-state index contributed by atoms with van der Waals surface area (Å²) >= 11 is 0. The van der Waals surface area contributed by atoms with E-state index in [1.165, 1.54) is 5.54 Å². The summed E-state index contributed by atoms with van der Waals surface area (Å²) in [5.74, 6) is 0. The standard InChI is InChI=1S/C11H25NSi/c1-8(2)12(9(3)4)10(5)13-11-6-7-11/h8-11H,6-7,13H2,1-5H3. The SMILES string of the molecule is CC(C)N(C(C)C)C(C)[SiH2]C1CC1. The van der Waals surface area contributed by atoms with Crippen LogP contribution in [0.15, 0.2) is 0 Å². The maximum Gasteiger partial charge on any atom is 0.0436 e. The molecule has 0 N–H and O–H groups in total. The lowest BCUT2D eigenvalue weighted by Gasteiger charge is -2.36. The van der Waals surface area contributed by atoms with Crippen LogP contribution in [0.5, 0.6) is 0 Å². The fraction of sp³-hybridized carbons (Fsp3) is 1.00. The Morgan fingerprint density at radius 3 is 1.77 bits per heavy atom. The van der Waals surface area contributed by atoms with Gasteiger partial charge in [0.1, 0.15) is 0 Å². The molecule has 1 nitrogen and oxygen atoms in total. The topological polar surface area (TPSA) is 3.24 Å². The third kappa shape index (κ3) is 3.43. The minimum absolute atomic E-state index is 0.174. The molecule has 1 atom stereocenters. The van der Waals surface area contributed by atoms with Crippen LogP contribution in [0.3, 0.4) is 0 Å². The van der Waals surface area contributed by atoms with Crippen molar-refractivity contribution in [3.05, 3.63) is 0 Å². The predicted octanol–water partition coefficient (Wildman–Crippen LogP) is 2.20. The fourth-order valence-corrected chi connectivity index (χ4v) is 5.33. The zero-order chi connectivity index (χ0) is 10.0. The zero-order valence-corrected chi connectivity index (χ0v) is 11.3. The van der Waals surface area contributed by atoms with Crippen LogP contribution in [-0.2, 0) is 0 Å². The molecule has 0 spiro atoms. The zero-order valence-electron chi connectivity index (χ0n) is 9.88. The highest BCUT2D eigenvalue weighted by atomic mass is 28.2. The van der Waals surface area contributed by atoms with Crippen molar-refractivity contribution in [3.63, 3.8) is 0 Å². The quantitative estimate of drug-likeness (QED) is 0.614. The molecule has 1 saturated carbocycles. The molecule has 0 amide bonds. The van der Waals surface area contributed by atoms with Crippen LogP contribution in [0.2, 0.25) is 5.54 Å². The van der Waals surface area contributed by atoms with Crippen molar-refractivity contribution in [3.8, 4) is 0 Å². The van der Waals surface area contributed by atoms with Crippen molar-refractivity contribution < 1.29 is 0 Å². The molecule has 0 radical (unpaired) electrons. The normalized spacial score (nSPS) is 21.2. The second-order valence-corrected chi connectivity index (χ2v) is 7.97. The summed E-state index contributed by atoms with van der Waals surface area (Å²) in [6.07, 6.45) is 3.08. The first-order chi connectivity index (χ1) is 6.02. The highest BCUT2D eigenvalue weighted by molar-refractivity contribution is 6.40. The Hall–Kier alpha value is 0.177. The molecule has 13 heavy (non-hydrogen) atoms. The van der Waals surface area contributed by atoms with Gasteiger partial charge in [0.2, 0.25) is 0 Å². The van der Waals surface area contributed by atoms with Crippen molar-refractivity contribution in [2.45, 2.75) is 70.8 Å². The summed E-state index contributed by atoms with van der Waals surface area (Å²) in [6.45, 7) is 11.8. The molecular weight excluding hydrogens is 174 g/mol. The van der Waals surface area contributed by atoms with Crippen molar-refractivity contribution in [1.29, 1.82) is 0 Å². The molecule has 1 fully saturated rings. The van der Waals surface area contributed by atoms with Crippen molar-refractivity contribution in [2.75, 3.05) is 0 Å². The van der Waals surface area contributed by atoms with Gasteiger partial charge >= 0.3 is 0 Å². The van der Waals surface area contributed by atoms with Gasteiger partial charge in [-0.3, -0.25) is 4.90 Å². The molecular formula is C11H25NSi. The Bertz CT molecular complexity index is 144. The van der Waals surface area contributed by atoms with E-state index in [-0.39, 0.29) is 9.52 Å². The summed E-state index contributed by atoms with van der Waals surface area (Å²) in [5, 5.41) is 0. The van der Waals surface area contributed by atoms with E-state index in [1.54, 1.807) is 12.8 Å². The molecule has 78 valence electrons. The van der Waals surface area contributed by atoms with Crippen LogP contribution in [0.4, 0.5) is 0 Å². The lowest BCUT2D eigenvalue weighted by Crippen LogP contribution is -2.46.